The molecule has 190 valence electrons. The molecule has 2 aliphatic carbocycles. The summed E-state index contributed by atoms with van der Waals surface area (Å²) in [5.74, 6) is 2.59. The number of hydrogen-bond donors (Lipinski definition) is 3. The van der Waals surface area contributed by atoms with E-state index in [1.165, 1.54) is 24.0 Å². The summed E-state index contributed by atoms with van der Waals surface area (Å²) in [7, 11) is 1.69. The van der Waals surface area contributed by atoms with Gasteiger partial charge in [0.2, 0.25) is 5.91 Å². The molecule has 2 saturated carbocycles. The molecule has 1 spiro atoms. The third-order valence-corrected chi connectivity index (χ3v) is 9.56. The summed E-state index contributed by atoms with van der Waals surface area (Å²) < 4.78 is 11.0. The van der Waals surface area contributed by atoms with Gasteiger partial charge in [0.05, 0.1) is 31.8 Å². The molecule has 6 atom stereocenters. The van der Waals surface area contributed by atoms with Crippen LogP contribution in [0.3, 0.4) is 0 Å². The van der Waals surface area contributed by atoms with E-state index < -0.39 is 0 Å². The van der Waals surface area contributed by atoms with E-state index >= 15 is 0 Å². The van der Waals surface area contributed by atoms with Crippen molar-refractivity contribution in [2.45, 2.75) is 49.7 Å². The molecule has 0 bridgehead atoms. The second kappa shape index (κ2) is 8.84. The minimum absolute atomic E-state index is 0.186. The molecule has 7 heteroatoms. The lowest BCUT2D eigenvalue weighted by atomic mass is 9.72. The molecule has 2 aromatic rings. The average Bonchev–Trinajstić information content (AvgIpc) is 3.43. The molecule has 3 N–H and O–H groups in total. The Morgan fingerprint density at radius 3 is 2.86 bits per heavy atom. The fraction of sp³-hybridized carbons (Fsp3) is 0.552. The smallest absolute Gasteiger partial charge is 0.235 e. The highest BCUT2D eigenvalue weighted by Gasteiger charge is 2.67. The Bertz CT molecular complexity index is 1160. The third kappa shape index (κ3) is 3.67. The van der Waals surface area contributed by atoms with Gasteiger partial charge in [0, 0.05) is 31.4 Å². The number of amides is 1. The zero-order chi connectivity index (χ0) is 24.3. The zero-order valence-electron chi connectivity index (χ0n) is 21.0. The topological polar surface area (TPSA) is 74.9 Å². The van der Waals surface area contributed by atoms with Gasteiger partial charge in [-0.2, -0.15) is 0 Å². The number of fused-ring (bicyclic) bond motifs is 3. The first-order valence-electron chi connectivity index (χ1n) is 13.6. The molecule has 3 heterocycles. The summed E-state index contributed by atoms with van der Waals surface area (Å²) in [6.45, 7) is 4.68. The van der Waals surface area contributed by atoms with Crippen molar-refractivity contribution in [1.82, 2.24) is 15.8 Å². The number of hydrogen-bond acceptors (Lipinski definition) is 6. The Morgan fingerprint density at radius 2 is 2.00 bits per heavy atom. The lowest BCUT2D eigenvalue weighted by molar-refractivity contribution is -0.118. The monoisotopic (exact) mass is 488 g/mol. The van der Waals surface area contributed by atoms with Crippen LogP contribution in [0.4, 0.5) is 5.69 Å². The molecule has 0 aromatic heterocycles. The van der Waals surface area contributed by atoms with Crippen molar-refractivity contribution in [3.05, 3.63) is 59.2 Å². The van der Waals surface area contributed by atoms with Crippen LogP contribution in [0.2, 0.25) is 0 Å². The number of nitrogens with zero attached hydrogens (tertiary/aromatic N) is 1. The summed E-state index contributed by atoms with van der Waals surface area (Å²) in [6, 6.07) is 15.9. The molecular weight excluding hydrogens is 452 g/mol. The SMILES string of the molecule is COc1ccc2c(c1)[C@]1(C[C@H]1C1CCC3C(C1)NNC3c1cccc(CN3CCOCC3)c1)C(=O)N2. The van der Waals surface area contributed by atoms with Gasteiger partial charge in [0.1, 0.15) is 5.75 Å². The summed E-state index contributed by atoms with van der Waals surface area (Å²) >= 11 is 0. The lowest BCUT2D eigenvalue weighted by Crippen LogP contribution is -2.37. The van der Waals surface area contributed by atoms with Crippen molar-refractivity contribution < 1.29 is 14.3 Å². The average molecular weight is 489 g/mol. The summed E-state index contributed by atoms with van der Waals surface area (Å²) in [5.41, 5.74) is 11.8. The van der Waals surface area contributed by atoms with E-state index in [0.29, 0.717) is 29.8 Å². The van der Waals surface area contributed by atoms with E-state index in [-0.39, 0.29) is 11.3 Å². The highest BCUT2D eigenvalue weighted by Crippen LogP contribution is 2.65. The van der Waals surface area contributed by atoms with Gasteiger partial charge >= 0.3 is 0 Å². The number of ether oxygens (including phenoxy) is 2. The van der Waals surface area contributed by atoms with Crippen molar-refractivity contribution in [3.63, 3.8) is 0 Å². The predicted octanol–water partition coefficient (Wildman–Crippen LogP) is 3.37. The van der Waals surface area contributed by atoms with Gasteiger partial charge in [0.25, 0.3) is 0 Å². The largest absolute Gasteiger partial charge is 0.497 e. The van der Waals surface area contributed by atoms with Gasteiger partial charge in [0.15, 0.2) is 0 Å². The van der Waals surface area contributed by atoms with Crippen molar-refractivity contribution in [3.8, 4) is 5.75 Å². The van der Waals surface area contributed by atoms with Crippen molar-refractivity contribution in [2.75, 3.05) is 38.7 Å². The molecule has 2 saturated heterocycles. The first kappa shape index (κ1) is 22.7. The number of morpholine rings is 1. The third-order valence-electron chi connectivity index (χ3n) is 9.56. The Morgan fingerprint density at radius 1 is 1.11 bits per heavy atom. The molecule has 36 heavy (non-hydrogen) atoms. The standard InChI is InChI=1S/C29H36N4O3/c1-35-21-6-8-25-23(15-21)29(28(34)30-25)16-24(29)19-5-7-22-26(14-19)31-32-27(22)20-4-2-3-18(13-20)17-33-9-11-36-12-10-33/h2-4,6,8,13,15,19,22,24,26-27,31-32H,5,7,9-12,14,16-17H2,1H3,(H,30,34)/t19?,22?,24-,26?,27?,29-/m0/s1. The van der Waals surface area contributed by atoms with Crippen LogP contribution in [0, 0.1) is 17.8 Å². The Balaban J connectivity index is 1.04. The van der Waals surface area contributed by atoms with Crippen LogP contribution >= 0.6 is 0 Å². The number of carbonyl (C=O) groups is 1. The molecule has 4 fully saturated rings. The van der Waals surface area contributed by atoms with Gasteiger partial charge in [-0.25, -0.2) is 5.43 Å². The normalized spacial score (nSPS) is 35.4. The van der Waals surface area contributed by atoms with Crippen LogP contribution in [-0.4, -0.2) is 50.3 Å². The van der Waals surface area contributed by atoms with Crippen molar-refractivity contribution in [2.24, 2.45) is 17.8 Å². The Kier molecular flexibility index (Phi) is 5.58. The molecule has 1 amide bonds. The highest BCUT2D eigenvalue weighted by molar-refractivity contribution is 6.09. The summed E-state index contributed by atoms with van der Waals surface area (Å²) in [5, 5.41) is 3.15. The van der Waals surface area contributed by atoms with Gasteiger partial charge in [-0.1, -0.05) is 24.3 Å². The molecule has 3 aliphatic heterocycles. The first-order valence-corrected chi connectivity index (χ1v) is 13.6. The number of rotatable bonds is 5. The van der Waals surface area contributed by atoms with E-state index in [9.17, 15) is 4.79 Å². The fourth-order valence-electron chi connectivity index (χ4n) is 7.61. The molecule has 0 radical (unpaired) electrons. The molecule has 5 aliphatic rings. The van der Waals surface area contributed by atoms with Crippen LogP contribution in [-0.2, 0) is 21.5 Å². The number of methoxy groups -OCH3 is 1. The Hall–Kier alpha value is -2.45. The van der Waals surface area contributed by atoms with Gasteiger partial charge in [-0.15, -0.1) is 0 Å². The predicted molar refractivity (Wildman–Crippen MR) is 138 cm³/mol. The quantitative estimate of drug-likeness (QED) is 0.599. The summed E-state index contributed by atoms with van der Waals surface area (Å²) in [6.07, 6.45) is 4.46. The lowest BCUT2D eigenvalue weighted by Gasteiger charge is -2.34. The van der Waals surface area contributed by atoms with Crippen LogP contribution in [0.15, 0.2) is 42.5 Å². The fourth-order valence-corrected chi connectivity index (χ4v) is 7.61. The number of anilines is 1. The highest BCUT2D eigenvalue weighted by atomic mass is 16.5. The van der Waals surface area contributed by atoms with Gasteiger partial charge in [-0.05, 0) is 78.3 Å². The minimum Gasteiger partial charge on any atom is -0.497 e. The van der Waals surface area contributed by atoms with Gasteiger partial charge in [-0.3, -0.25) is 15.1 Å². The minimum atomic E-state index is -0.347. The van der Waals surface area contributed by atoms with E-state index in [2.05, 4.69) is 51.4 Å². The van der Waals surface area contributed by atoms with Crippen LogP contribution in [0.5, 0.6) is 5.75 Å². The number of hydrazine groups is 1. The van der Waals surface area contributed by atoms with E-state index in [1.807, 2.05) is 12.1 Å². The second-order valence-corrected chi connectivity index (χ2v) is 11.4. The molecular formula is C29H36N4O3. The zero-order valence-corrected chi connectivity index (χ0v) is 21.0. The van der Waals surface area contributed by atoms with Gasteiger partial charge < -0.3 is 14.8 Å². The molecule has 7 nitrogen and oxygen atoms in total. The Labute approximate surface area is 212 Å². The van der Waals surface area contributed by atoms with E-state index in [4.69, 9.17) is 9.47 Å². The number of carbonyl (C=O) groups excluding carboxylic acids is 1. The maximum absolute atomic E-state index is 13.1. The molecule has 4 unspecified atom stereocenters. The molecule has 7 rings (SSSR count). The summed E-state index contributed by atoms with van der Waals surface area (Å²) in [4.78, 5) is 15.6. The van der Waals surface area contributed by atoms with Crippen molar-refractivity contribution in [1.29, 1.82) is 0 Å². The van der Waals surface area contributed by atoms with Crippen LogP contribution < -0.4 is 20.9 Å². The first-order chi connectivity index (χ1) is 17.7. The number of nitrogens with one attached hydrogen (secondary N) is 3. The van der Waals surface area contributed by atoms with E-state index in [1.54, 1.807) is 7.11 Å². The number of benzene rings is 2. The van der Waals surface area contributed by atoms with Crippen molar-refractivity contribution >= 4 is 11.6 Å². The maximum Gasteiger partial charge on any atom is 0.235 e. The molecule has 2 aromatic carbocycles. The maximum atomic E-state index is 13.1. The van der Waals surface area contributed by atoms with Crippen LogP contribution in [0.25, 0.3) is 0 Å². The second-order valence-electron chi connectivity index (χ2n) is 11.4. The van der Waals surface area contributed by atoms with E-state index in [0.717, 1.165) is 62.7 Å². The van der Waals surface area contributed by atoms with Crippen LogP contribution in [0.1, 0.15) is 48.4 Å².